The van der Waals surface area contributed by atoms with Crippen LogP contribution in [0.2, 0.25) is 0 Å². The molecule has 1 aromatic rings. The molecule has 2 heteroatoms. The maximum Gasteiger partial charge on any atom is 0.188 e. The zero-order valence-corrected chi connectivity index (χ0v) is 7.33. The summed E-state index contributed by atoms with van der Waals surface area (Å²) >= 11 is 0. The van der Waals surface area contributed by atoms with Crippen LogP contribution in [0.4, 0.5) is 0 Å². The van der Waals surface area contributed by atoms with E-state index in [9.17, 15) is 4.79 Å². The highest BCUT2D eigenvalue weighted by Crippen LogP contribution is 2.04. The van der Waals surface area contributed by atoms with E-state index in [4.69, 9.17) is 4.74 Å². The number of ether oxygens (including phenoxy) is 1. The smallest absolute Gasteiger partial charge is 0.188 e. The highest BCUT2D eigenvalue weighted by molar-refractivity contribution is 5.97. The molecule has 2 nitrogen and oxygen atoms in total. The van der Waals surface area contributed by atoms with Gasteiger partial charge < -0.3 is 4.74 Å². The van der Waals surface area contributed by atoms with Crippen LogP contribution in [0.25, 0.3) is 0 Å². The van der Waals surface area contributed by atoms with E-state index >= 15 is 0 Å². The summed E-state index contributed by atoms with van der Waals surface area (Å²) < 4.78 is 4.75. The largest absolute Gasteiger partial charge is 0.377 e. The second-order valence-corrected chi connectivity index (χ2v) is 2.73. The van der Waals surface area contributed by atoms with Crippen LogP contribution >= 0.6 is 0 Å². The Morgan fingerprint density at radius 1 is 1.50 bits per heavy atom. The number of Topliss-reactive ketones (excluding diaryl/α,β-unsaturated/α-hetero) is 1. The third kappa shape index (κ3) is 2.17. The van der Waals surface area contributed by atoms with Crippen molar-refractivity contribution in [3.63, 3.8) is 0 Å². The van der Waals surface area contributed by atoms with E-state index in [0.717, 1.165) is 11.1 Å². The first kappa shape index (κ1) is 8.94. The molecule has 0 unspecified atom stereocenters. The van der Waals surface area contributed by atoms with E-state index in [2.05, 4.69) is 0 Å². The summed E-state index contributed by atoms with van der Waals surface area (Å²) in [5.41, 5.74) is 1.81. The third-order valence-corrected chi connectivity index (χ3v) is 1.62. The van der Waals surface area contributed by atoms with Gasteiger partial charge in [-0.2, -0.15) is 0 Å². The van der Waals surface area contributed by atoms with E-state index in [0.29, 0.717) is 0 Å². The van der Waals surface area contributed by atoms with Crippen molar-refractivity contribution in [2.75, 3.05) is 13.7 Å². The van der Waals surface area contributed by atoms with Gasteiger partial charge in [-0.25, -0.2) is 0 Å². The lowest BCUT2D eigenvalue weighted by molar-refractivity contribution is 0.0848. The summed E-state index contributed by atoms with van der Waals surface area (Å²) in [5, 5.41) is 0. The molecule has 1 rings (SSSR count). The molecule has 1 aromatic carbocycles. The number of methoxy groups -OCH3 is 1. The first-order valence-electron chi connectivity index (χ1n) is 3.83. The van der Waals surface area contributed by atoms with Gasteiger partial charge in [0.1, 0.15) is 6.61 Å². The molecule has 0 saturated heterocycles. The van der Waals surface area contributed by atoms with Crippen molar-refractivity contribution in [3.05, 3.63) is 35.4 Å². The third-order valence-electron chi connectivity index (χ3n) is 1.62. The Labute approximate surface area is 72.2 Å². The summed E-state index contributed by atoms with van der Waals surface area (Å²) in [6.07, 6.45) is 0. The maximum atomic E-state index is 11.3. The molecule has 0 aromatic heterocycles. The summed E-state index contributed by atoms with van der Waals surface area (Å²) in [5.74, 6) is 0.0289. The molecule has 12 heavy (non-hydrogen) atoms. The number of carbonyl (C=O) groups excluding carboxylic acids is 1. The molecule has 0 amide bonds. The summed E-state index contributed by atoms with van der Waals surface area (Å²) in [7, 11) is 1.52. The molecule has 0 atom stereocenters. The normalized spacial score (nSPS) is 9.83. The Morgan fingerprint density at radius 2 is 2.25 bits per heavy atom. The molecule has 0 heterocycles. The zero-order chi connectivity index (χ0) is 8.97. The van der Waals surface area contributed by atoms with Gasteiger partial charge in [0, 0.05) is 12.7 Å². The monoisotopic (exact) mass is 164 g/mol. The van der Waals surface area contributed by atoms with Crippen LogP contribution in [-0.2, 0) is 4.74 Å². The van der Waals surface area contributed by atoms with Crippen LogP contribution < -0.4 is 0 Å². The number of rotatable bonds is 3. The minimum atomic E-state index is 0.0289. The molecule has 0 bridgehead atoms. The number of carbonyl (C=O) groups is 1. The lowest BCUT2D eigenvalue weighted by atomic mass is 10.1. The van der Waals surface area contributed by atoms with Gasteiger partial charge in [0.05, 0.1) is 0 Å². The molecule has 0 aliphatic rings. The number of benzene rings is 1. The fraction of sp³-hybridized carbons (Fsp3) is 0.300. The highest BCUT2D eigenvalue weighted by Gasteiger charge is 2.03. The van der Waals surface area contributed by atoms with Crippen molar-refractivity contribution >= 4 is 5.78 Å². The fourth-order valence-electron chi connectivity index (χ4n) is 1.03. The average molecular weight is 164 g/mol. The molecule has 64 valence electrons. The predicted molar refractivity (Wildman–Crippen MR) is 47.4 cm³/mol. The van der Waals surface area contributed by atoms with Crippen LogP contribution in [0.1, 0.15) is 15.9 Å². The zero-order valence-electron chi connectivity index (χ0n) is 7.33. The molecular weight excluding hydrogens is 152 g/mol. The molecule has 0 radical (unpaired) electrons. The number of ketones is 1. The highest BCUT2D eigenvalue weighted by atomic mass is 16.5. The minimum Gasteiger partial charge on any atom is -0.377 e. The van der Waals surface area contributed by atoms with Crippen molar-refractivity contribution in [2.45, 2.75) is 6.92 Å². The van der Waals surface area contributed by atoms with Crippen LogP contribution in [0.15, 0.2) is 24.3 Å². The maximum absolute atomic E-state index is 11.3. The standard InChI is InChI=1S/C10H12O2/c1-8-4-3-5-9(6-8)10(11)7-12-2/h3-6H,7H2,1-2H3. The lowest BCUT2D eigenvalue weighted by Crippen LogP contribution is -2.06. The van der Waals surface area contributed by atoms with Crippen molar-refractivity contribution in [1.29, 1.82) is 0 Å². The van der Waals surface area contributed by atoms with Crippen molar-refractivity contribution in [1.82, 2.24) is 0 Å². The van der Waals surface area contributed by atoms with Crippen molar-refractivity contribution < 1.29 is 9.53 Å². The van der Waals surface area contributed by atoms with Gasteiger partial charge in [0.15, 0.2) is 5.78 Å². The molecule has 0 fully saturated rings. The molecule has 0 saturated carbocycles. The summed E-state index contributed by atoms with van der Waals surface area (Å²) in [6.45, 7) is 2.12. The second-order valence-electron chi connectivity index (χ2n) is 2.73. The van der Waals surface area contributed by atoms with E-state index in [1.807, 2.05) is 25.1 Å². The molecule has 0 spiro atoms. The Morgan fingerprint density at radius 3 is 2.83 bits per heavy atom. The minimum absolute atomic E-state index is 0.0289. The number of hydrogen-bond donors (Lipinski definition) is 0. The van der Waals surface area contributed by atoms with Crippen molar-refractivity contribution in [3.8, 4) is 0 Å². The summed E-state index contributed by atoms with van der Waals surface area (Å²) in [6, 6.07) is 7.50. The van der Waals surface area contributed by atoms with E-state index < -0.39 is 0 Å². The summed E-state index contributed by atoms with van der Waals surface area (Å²) in [4.78, 5) is 11.3. The van der Waals surface area contributed by atoms with Gasteiger partial charge in [0.25, 0.3) is 0 Å². The lowest BCUT2D eigenvalue weighted by Gasteiger charge is -1.99. The van der Waals surface area contributed by atoms with Gasteiger partial charge in [-0.15, -0.1) is 0 Å². The van der Waals surface area contributed by atoms with E-state index in [1.165, 1.54) is 7.11 Å². The van der Waals surface area contributed by atoms with Gasteiger partial charge in [-0.3, -0.25) is 4.79 Å². The van der Waals surface area contributed by atoms with Crippen LogP contribution in [0.5, 0.6) is 0 Å². The first-order chi connectivity index (χ1) is 5.74. The van der Waals surface area contributed by atoms with Crippen LogP contribution in [0.3, 0.4) is 0 Å². The van der Waals surface area contributed by atoms with Crippen LogP contribution in [0, 0.1) is 6.92 Å². The number of hydrogen-bond acceptors (Lipinski definition) is 2. The van der Waals surface area contributed by atoms with Gasteiger partial charge >= 0.3 is 0 Å². The second kappa shape index (κ2) is 4.02. The van der Waals surface area contributed by atoms with E-state index in [1.54, 1.807) is 6.07 Å². The molecule has 0 aliphatic carbocycles. The Balaban J connectivity index is 2.81. The van der Waals surface area contributed by atoms with Gasteiger partial charge in [-0.05, 0) is 13.0 Å². The quantitative estimate of drug-likeness (QED) is 0.637. The molecule has 0 aliphatic heterocycles. The topological polar surface area (TPSA) is 26.3 Å². The Kier molecular flexibility index (Phi) is 3.00. The first-order valence-corrected chi connectivity index (χ1v) is 3.83. The number of aryl methyl sites for hydroxylation is 1. The van der Waals surface area contributed by atoms with E-state index in [-0.39, 0.29) is 12.4 Å². The fourth-order valence-corrected chi connectivity index (χ4v) is 1.03. The predicted octanol–water partition coefficient (Wildman–Crippen LogP) is 1.82. The average Bonchev–Trinajstić information content (AvgIpc) is 2.05. The SMILES string of the molecule is COCC(=O)c1cccc(C)c1. The van der Waals surface area contributed by atoms with Crippen LogP contribution in [-0.4, -0.2) is 19.5 Å². The van der Waals surface area contributed by atoms with Gasteiger partial charge in [-0.1, -0.05) is 23.8 Å². The molecular formula is C10H12O2. The Bertz CT molecular complexity index is 279. The Hall–Kier alpha value is -1.15. The molecule has 0 N–H and O–H groups in total. The van der Waals surface area contributed by atoms with Crippen molar-refractivity contribution in [2.24, 2.45) is 0 Å². The van der Waals surface area contributed by atoms with Gasteiger partial charge in [0.2, 0.25) is 0 Å².